The summed E-state index contributed by atoms with van der Waals surface area (Å²) in [5.74, 6) is -2.65. The summed E-state index contributed by atoms with van der Waals surface area (Å²) in [5.41, 5.74) is -0.0301. The number of rotatable bonds is 3. The van der Waals surface area contributed by atoms with Crippen LogP contribution in [0.2, 0.25) is 0 Å². The molecule has 126 valence electrons. The van der Waals surface area contributed by atoms with Crippen LogP contribution in [0.15, 0.2) is 36.5 Å². The van der Waals surface area contributed by atoms with Gasteiger partial charge >= 0.3 is 12.0 Å². The van der Waals surface area contributed by atoms with Crippen molar-refractivity contribution in [1.82, 2.24) is 4.98 Å². The number of aromatic nitrogens is 1. The summed E-state index contributed by atoms with van der Waals surface area (Å²) in [7, 11) is 0. The second-order valence-corrected chi connectivity index (χ2v) is 5.31. The van der Waals surface area contributed by atoms with Gasteiger partial charge in [0.1, 0.15) is 5.82 Å². The number of ether oxygens (including phenoxy) is 1. The second-order valence-electron chi connectivity index (χ2n) is 5.31. The van der Waals surface area contributed by atoms with E-state index in [2.05, 4.69) is 9.72 Å². The fraction of sp³-hybridized carbons (Fsp3) is 0.250. The van der Waals surface area contributed by atoms with Crippen LogP contribution in [0.1, 0.15) is 24.3 Å². The van der Waals surface area contributed by atoms with E-state index < -0.39 is 30.5 Å². The molecule has 1 aromatic heterocycles. The first-order valence-electron chi connectivity index (χ1n) is 7.10. The number of aliphatic hydroxyl groups excluding tert-OH is 1. The van der Waals surface area contributed by atoms with Crippen molar-refractivity contribution in [3.63, 3.8) is 0 Å². The molecule has 1 atom stereocenters. The fourth-order valence-electron chi connectivity index (χ4n) is 2.47. The Kier molecular flexibility index (Phi) is 3.92. The standard InChI is InChI=1S/C16H13F3N2O3/c1-9(22)10-4-2-6-13-14(10)24-16(18,19)15(23)21(13)8-12-11(17)5-3-7-20-12/h2-7,9,22H,8H2,1H3. The van der Waals surface area contributed by atoms with Crippen LogP contribution in [0.5, 0.6) is 5.75 Å². The number of carbonyl (C=O) groups excluding carboxylic acids is 1. The zero-order chi connectivity index (χ0) is 17.5. The van der Waals surface area contributed by atoms with Crippen LogP contribution in [0, 0.1) is 5.82 Å². The van der Waals surface area contributed by atoms with Crippen LogP contribution < -0.4 is 9.64 Å². The van der Waals surface area contributed by atoms with Crippen LogP contribution >= 0.6 is 0 Å². The van der Waals surface area contributed by atoms with E-state index in [1.54, 1.807) is 0 Å². The molecule has 0 saturated carbocycles. The van der Waals surface area contributed by atoms with Gasteiger partial charge in [0.25, 0.3) is 0 Å². The van der Waals surface area contributed by atoms with Crippen molar-refractivity contribution in [2.24, 2.45) is 0 Å². The summed E-state index contributed by atoms with van der Waals surface area (Å²) >= 11 is 0. The van der Waals surface area contributed by atoms with Gasteiger partial charge in [-0.2, -0.15) is 8.78 Å². The van der Waals surface area contributed by atoms with Gasteiger partial charge in [0.05, 0.1) is 24.0 Å². The van der Waals surface area contributed by atoms with Crippen LogP contribution in [-0.2, 0) is 11.3 Å². The van der Waals surface area contributed by atoms with Crippen LogP contribution in [0.25, 0.3) is 0 Å². The molecule has 3 rings (SSSR count). The van der Waals surface area contributed by atoms with Gasteiger partial charge in [-0.25, -0.2) is 4.39 Å². The van der Waals surface area contributed by atoms with Gasteiger partial charge in [-0.3, -0.25) is 14.7 Å². The first-order chi connectivity index (χ1) is 11.3. The lowest BCUT2D eigenvalue weighted by Crippen LogP contribution is -2.50. The predicted molar refractivity (Wildman–Crippen MR) is 78.0 cm³/mol. The third-order valence-electron chi connectivity index (χ3n) is 3.63. The highest BCUT2D eigenvalue weighted by Crippen LogP contribution is 2.44. The second kappa shape index (κ2) is 5.79. The number of carbonyl (C=O) groups is 1. The Hall–Kier alpha value is -2.61. The summed E-state index contributed by atoms with van der Waals surface area (Å²) in [5, 5.41) is 9.74. The first-order valence-corrected chi connectivity index (χ1v) is 7.10. The van der Waals surface area contributed by atoms with Gasteiger partial charge < -0.3 is 9.84 Å². The minimum atomic E-state index is -4.12. The highest BCUT2D eigenvalue weighted by atomic mass is 19.3. The molecule has 0 radical (unpaired) electrons. The van der Waals surface area contributed by atoms with Crippen LogP contribution in [0.4, 0.5) is 18.9 Å². The van der Waals surface area contributed by atoms with Gasteiger partial charge in [-0.05, 0) is 25.1 Å². The maximum absolute atomic E-state index is 14.0. The summed E-state index contributed by atoms with van der Waals surface area (Å²) in [6.07, 6.45) is -3.91. The molecule has 1 N–H and O–H groups in total. The van der Waals surface area contributed by atoms with Crippen molar-refractivity contribution in [3.8, 4) is 5.75 Å². The number of nitrogens with zero attached hydrogens (tertiary/aromatic N) is 2. The molecule has 0 spiro atoms. The molecule has 5 nitrogen and oxygen atoms in total. The maximum Gasteiger partial charge on any atom is 0.483 e. The summed E-state index contributed by atoms with van der Waals surface area (Å²) < 4.78 is 46.2. The van der Waals surface area contributed by atoms with Crippen molar-refractivity contribution >= 4 is 11.6 Å². The monoisotopic (exact) mass is 338 g/mol. The van der Waals surface area contributed by atoms with Gasteiger partial charge in [0.2, 0.25) is 0 Å². The van der Waals surface area contributed by atoms with E-state index in [-0.39, 0.29) is 22.7 Å². The SMILES string of the molecule is CC(O)c1cccc2c1OC(F)(F)C(=O)N2Cc1ncccc1F. The largest absolute Gasteiger partial charge is 0.483 e. The Labute approximate surface area is 135 Å². The molecular formula is C16H13F3N2O3. The number of alkyl halides is 2. The molecule has 1 aromatic carbocycles. The molecule has 1 aliphatic rings. The number of aliphatic hydroxyl groups is 1. The molecule has 1 unspecified atom stereocenters. The molecule has 0 saturated heterocycles. The number of para-hydroxylation sites is 1. The number of anilines is 1. The lowest BCUT2D eigenvalue weighted by Gasteiger charge is -2.34. The fourth-order valence-corrected chi connectivity index (χ4v) is 2.47. The average molecular weight is 338 g/mol. The van der Waals surface area contributed by atoms with E-state index in [9.17, 15) is 23.1 Å². The summed E-state index contributed by atoms with van der Waals surface area (Å²) in [4.78, 5) is 16.5. The van der Waals surface area contributed by atoms with E-state index in [1.165, 1.54) is 37.4 Å². The maximum atomic E-state index is 14.0. The van der Waals surface area contributed by atoms with E-state index >= 15 is 0 Å². The third-order valence-corrected chi connectivity index (χ3v) is 3.63. The zero-order valence-corrected chi connectivity index (χ0v) is 12.5. The average Bonchev–Trinajstić information content (AvgIpc) is 2.52. The van der Waals surface area contributed by atoms with Crippen molar-refractivity contribution in [2.75, 3.05) is 4.90 Å². The minimum absolute atomic E-state index is 0.0226. The van der Waals surface area contributed by atoms with Gasteiger partial charge in [-0.1, -0.05) is 12.1 Å². The Morgan fingerprint density at radius 3 is 2.75 bits per heavy atom. The normalized spacial score (nSPS) is 17.2. The Morgan fingerprint density at radius 1 is 1.33 bits per heavy atom. The molecule has 0 fully saturated rings. The molecule has 0 aliphatic carbocycles. The molecule has 1 aliphatic heterocycles. The van der Waals surface area contributed by atoms with Crippen molar-refractivity contribution in [1.29, 1.82) is 0 Å². The number of benzene rings is 1. The molecular weight excluding hydrogens is 325 g/mol. The highest BCUT2D eigenvalue weighted by molar-refractivity contribution is 6.01. The number of halogens is 3. The van der Waals surface area contributed by atoms with Gasteiger partial charge in [-0.15, -0.1) is 0 Å². The lowest BCUT2D eigenvalue weighted by molar-refractivity contribution is -0.193. The molecule has 8 heteroatoms. The topological polar surface area (TPSA) is 62.7 Å². The summed E-state index contributed by atoms with van der Waals surface area (Å²) in [6, 6.07) is 6.76. The number of pyridine rings is 1. The molecule has 0 bridgehead atoms. The summed E-state index contributed by atoms with van der Waals surface area (Å²) in [6.45, 7) is 0.900. The number of amides is 1. The van der Waals surface area contributed by atoms with Crippen LogP contribution in [0.3, 0.4) is 0 Å². The quantitative estimate of drug-likeness (QED) is 0.935. The third kappa shape index (κ3) is 2.69. The van der Waals surface area contributed by atoms with E-state index in [0.717, 1.165) is 6.07 Å². The Bertz CT molecular complexity index is 796. The van der Waals surface area contributed by atoms with E-state index in [4.69, 9.17) is 0 Å². The zero-order valence-electron chi connectivity index (χ0n) is 12.5. The smallest absolute Gasteiger partial charge is 0.423 e. The number of hydrogen-bond acceptors (Lipinski definition) is 4. The van der Waals surface area contributed by atoms with Crippen molar-refractivity contribution < 1.29 is 27.8 Å². The lowest BCUT2D eigenvalue weighted by atomic mass is 10.1. The molecule has 2 heterocycles. The molecule has 1 amide bonds. The van der Waals surface area contributed by atoms with E-state index in [0.29, 0.717) is 4.90 Å². The number of hydrogen-bond donors (Lipinski definition) is 1. The number of fused-ring (bicyclic) bond motifs is 1. The van der Waals surface area contributed by atoms with Gasteiger partial charge in [0, 0.05) is 11.8 Å². The van der Waals surface area contributed by atoms with Crippen molar-refractivity contribution in [2.45, 2.75) is 25.7 Å². The van der Waals surface area contributed by atoms with Crippen molar-refractivity contribution in [3.05, 3.63) is 53.6 Å². The highest BCUT2D eigenvalue weighted by Gasteiger charge is 2.51. The van der Waals surface area contributed by atoms with Crippen LogP contribution in [-0.4, -0.2) is 22.1 Å². The predicted octanol–water partition coefficient (Wildman–Crippen LogP) is 2.79. The van der Waals surface area contributed by atoms with Gasteiger partial charge in [0.15, 0.2) is 5.75 Å². The molecule has 24 heavy (non-hydrogen) atoms. The molecule has 2 aromatic rings. The Morgan fingerprint density at radius 2 is 2.08 bits per heavy atom. The first kappa shape index (κ1) is 16.3. The van der Waals surface area contributed by atoms with E-state index in [1.807, 2.05) is 0 Å². The minimum Gasteiger partial charge on any atom is -0.423 e. The Balaban J connectivity index is 2.11.